The van der Waals surface area contributed by atoms with E-state index in [0.717, 1.165) is 5.56 Å². The smallest absolute Gasteiger partial charge is 0.251 e. The Morgan fingerprint density at radius 2 is 2.23 bits per heavy atom. The van der Waals surface area contributed by atoms with E-state index < -0.39 is 5.91 Å². The Morgan fingerprint density at radius 3 is 2.92 bits per heavy atom. The lowest BCUT2D eigenvalue weighted by molar-refractivity contribution is 0.0965. The Hall–Kier alpha value is -1.84. The van der Waals surface area contributed by atoms with Crippen LogP contribution in [0.3, 0.4) is 0 Å². The van der Waals surface area contributed by atoms with Crippen LogP contribution < -0.4 is 11.1 Å². The molecule has 0 spiro atoms. The van der Waals surface area contributed by atoms with E-state index in [1.165, 1.54) is 6.07 Å². The van der Waals surface area contributed by atoms with Crippen molar-refractivity contribution < 1.29 is 9.59 Å². The first-order valence-electron chi connectivity index (χ1n) is 3.89. The SMILES string of the molecule is NC(=O)c1ccc2c(c1)C(=O)NC2. The Morgan fingerprint density at radius 1 is 1.46 bits per heavy atom. The first kappa shape index (κ1) is 7.79. The molecule has 0 radical (unpaired) electrons. The molecule has 2 amide bonds. The maximum atomic E-state index is 11.2. The third-order valence-electron chi connectivity index (χ3n) is 2.08. The quantitative estimate of drug-likeness (QED) is 0.633. The molecule has 1 aliphatic rings. The van der Waals surface area contributed by atoms with Crippen molar-refractivity contribution in [2.45, 2.75) is 6.54 Å². The summed E-state index contributed by atoms with van der Waals surface area (Å²) < 4.78 is 0. The summed E-state index contributed by atoms with van der Waals surface area (Å²) in [5.74, 6) is -0.652. The van der Waals surface area contributed by atoms with Crippen LogP contribution in [0.25, 0.3) is 0 Å². The predicted octanol–water partition coefficient (Wildman–Crippen LogP) is 0.0289. The summed E-state index contributed by atoms with van der Waals surface area (Å²) in [6.07, 6.45) is 0. The molecule has 0 saturated carbocycles. The van der Waals surface area contributed by atoms with Crippen LogP contribution in [0.15, 0.2) is 18.2 Å². The average molecular weight is 176 g/mol. The molecule has 0 atom stereocenters. The fourth-order valence-corrected chi connectivity index (χ4v) is 1.37. The molecule has 0 bridgehead atoms. The van der Waals surface area contributed by atoms with Gasteiger partial charge in [-0.2, -0.15) is 0 Å². The zero-order valence-electron chi connectivity index (χ0n) is 6.83. The van der Waals surface area contributed by atoms with Crippen LogP contribution in [0.4, 0.5) is 0 Å². The highest BCUT2D eigenvalue weighted by molar-refractivity contribution is 6.01. The second kappa shape index (κ2) is 2.58. The standard InChI is InChI=1S/C9H8N2O2/c10-8(12)5-1-2-6-4-11-9(13)7(6)3-5/h1-3H,4H2,(H2,10,12)(H,11,13). The number of benzene rings is 1. The molecule has 0 unspecified atom stereocenters. The monoisotopic (exact) mass is 176 g/mol. The Balaban J connectivity index is 2.54. The lowest BCUT2D eigenvalue weighted by Gasteiger charge is -1.97. The van der Waals surface area contributed by atoms with Gasteiger partial charge in [-0.1, -0.05) is 6.07 Å². The van der Waals surface area contributed by atoms with Crippen molar-refractivity contribution in [2.24, 2.45) is 5.73 Å². The summed E-state index contributed by atoms with van der Waals surface area (Å²) in [5.41, 5.74) is 6.92. The molecule has 1 aliphatic heterocycles. The number of amides is 2. The molecule has 4 heteroatoms. The van der Waals surface area contributed by atoms with Crippen molar-refractivity contribution in [3.63, 3.8) is 0 Å². The molecule has 0 aromatic heterocycles. The second-order valence-electron chi connectivity index (χ2n) is 2.92. The van der Waals surface area contributed by atoms with E-state index in [-0.39, 0.29) is 5.91 Å². The Kier molecular flexibility index (Phi) is 1.55. The highest BCUT2D eigenvalue weighted by atomic mass is 16.2. The van der Waals surface area contributed by atoms with Gasteiger partial charge in [-0.15, -0.1) is 0 Å². The van der Waals surface area contributed by atoms with E-state index in [2.05, 4.69) is 5.32 Å². The van der Waals surface area contributed by atoms with Gasteiger partial charge in [-0.25, -0.2) is 0 Å². The fourth-order valence-electron chi connectivity index (χ4n) is 1.37. The number of carbonyl (C=O) groups is 2. The molecule has 0 saturated heterocycles. The lowest BCUT2D eigenvalue weighted by Crippen LogP contribution is -2.14. The van der Waals surface area contributed by atoms with Crippen molar-refractivity contribution in [3.05, 3.63) is 34.9 Å². The summed E-state index contributed by atoms with van der Waals surface area (Å²) in [5, 5.41) is 2.66. The third-order valence-corrected chi connectivity index (χ3v) is 2.08. The normalized spacial score (nSPS) is 13.7. The number of carbonyl (C=O) groups excluding carboxylic acids is 2. The molecule has 3 N–H and O–H groups in total. The van der Waals surface area contributed by atoms with Crippen molar-refractivity contribution in [1.82, 2.24) is 5.32 Å². The van der Waals surface area contributed by atoms with E-state index >= 15 is 0 Å². The molecule has 0 aliphatic carbocycles. The first-order valence-corrected chi connectivity index (χ1v) is 3.89. The third kappa shape index (κ3) is 1.16. The van der Waals surface area contributed by atoms with Crippen LogP contribution in [-0.4, -0.2) is 11.8 Å². The van der Waals surface area contributed by atoms with E-state index in [1.54, 1.807) is 12.1 Å². The van der Waals surface area contributed by atoms with Crippen LogP contribution in [-0.2, 0) is 6.54 Å². The molecule has 1 aromatic rings. The summed E-state index contributed by atoms with van der Waals surface area (Å²) in [7, 11) is 0. The fraction of sp³-hybridized carbons (Fsp3) is 0.111. The van der Waals surface area contributed by atoms with Gasteiger partial charge in [0.15, 0.2) is 0 Å². The Bertz CT molecular complexity index is 399. The van der Waals surface area contributed by atoms with Crippen LogP contribution >= 0.6 is 0 Å². The van der Waals surface area contributed by atoms with Gasteiger partial charge in [-0.05, 0) is 17.7 Å². The highest BCUT2D eigenvalue weighted by Gasteiger charge is 2.19. The van der Waals surface area contributed by atoms with E-state index in [0.29, 0.717) is 17.7 Å². The minimum absolute atomic E-state index is 0.141. The lowest BCUT2D eigenvalue weighted by atomic mass is 10.1. The van der Waals surface area contributed by atoms with Gasteiger partial charge in [-0.3, -0.25) is 9.59 Å². The van der Waals surface area contributed by atoms with Crippen LogP contribution in [0.2, 0.25) is 0 Å². The van der Waals surface area contributed by atoms with E-state index in [1.807, 2.05) is 0 Å². The van der Waals surface area contributed by atoms with Crippen molar-refractivity contribution in [3.8, 4) is 0 Å². The molecular formula is C9H8N2O2. The molecule has 4 nitrogen and oxygen atoms in total. The van der Waals surface area contributed by atoms with Crippen molar-refractivity contribution >= 4 is 11.8 Å². The average Bonchev–Trinajstić information content (AvgIpc) is 2.47. The summed E-state index contributed by atoms with van der Waals surface area (Å²) in [6.45, 7) is 0.535. The molecule has 2 rings (SSSR count). The van der Waals surface area contributed by atoms with Crippen LogP contribution in [0, 0.1) is 0 Å². The zero-order valence-corrected chi connectivity index (χ0v) is 6.83. The van der Waals surface area contributed by atoms with Gasteiger partial charge >= 0.3 is 0 Å². The van der Waals surface area contributed by atoms with Gasteiger partial charge in [0, 0.05) is 17.7 Å². The maximum Gasteiger partial charge on any atom is 0.251 e. The van der Waals surface area contributed by atoms with Gasteiger partial charge in [0.25, 0.3) is 5.91 Å². The number of fused-ring (bicyclic) bond motifs is 1. The minimum Gasteiger partial charge on any atom is -0.366 e. The molecule has 0 fully saturated rings. The summed E-state index contributed by atoms with van der Waals surface area (Å²) in [4.78, 5) is 22.0. The van der Waals surface area contributed by atoms with Gasteiger partial charge < -0.3 is 11.1 Å². The van der Waals surface area contributed by atoms with E-state index in [4.69, 9.17) is 5.73 Å². The largest absolute Gasteiger partial charge is 0.366 e. The maximum absolute atomic E-state index is 11.2. The highest BCUT2D eigenvalue weighted by Crippen LogP contribution is 2.16. The molecule has 66 valence electrons. The number of primary amides is 1. The second-order valence-corrected chi connectivity index (χ2v) is 2.92. The van der Waals surface area contributed by atoms with Crippen LogP contribution in [0.5, 0.6) is 0 Å². The minimum atomic E-state index is -0.512. The summed E-state index contributed by atoms with van der Waals surface area (Å²) in [6, 6.07) is 4.90. The van der Waals surface area contributed by atoms with Gasteiger partial charge in [0.2, 0.25) is 5.91 Å². The number of hydrogen-bond acceptors (Lipinski definition) is 2. The topological polar surface area (TPSA) is 72.2 Å². The molecule has 1 heterocycles. The van der Waals surface area contributed by atoms with Crippen molar-refractivity contribution in [2.75, 3.05) is 0 Å². The van der Waals surface area contributed by atoms with Gasteiger partial charge in [0.1, 0.15) is 0 Å². The van der Waals surface area contributed by atoms with Crippen LogP contribution in [0.1, 0.15) is 26.3 Å². The molecule has 1 aromatic carbocycles. The predicted molar refractivity (Wildman–Crippen MR) is 46.1 cm³/mol. The number of hydrogen-bond donors (Lipinski definition) is 2. The number of nitrogens with one attached hydrogen (secondary N) is 1. The van der Waals surface area contributed by atoms with Gasteiger partial charge in [0.05, 0.1) is 0 Å². The molecular weight excluding hydrogens is 168 g/mol. The van der Waals surface area contributed by atoms with E-state index in [9.17, 15) is 9.59 Å². The molecule has 13 heavy (non-hydrogen) atoms. The summed E-state index contributed by atoms with van der Waals surface area (Å²) >= 11 is 0. The first-order chi connectivity index (χ1) is 6.18. The zero-order chi connectivity index (χ0) is 9.42. The number of rotatable bonds is 1. The number of nitrogens with two attached hydrogens (primary N) is 1. The van der Waals surface area contributed by atoms with Crippen molar-refractivity contribution in [1.29, 1.82) is 0 Å². The Labute approximate surface area is 74.7 Å².